The quantitative estimate of drug-likeness (QED) is 0.612. The van der Waals surface area contributed by atoms with Crippen LogP contribution in [0.5, 0.6) is 0 Å². The summed E-state index contributed by atoms with van der Waals surface area (Å²) in [5.41, 5.74) is -0.0699. The Balaban J connectivity index is 2.23. The van der Waals surface area contributed by atoms with Crippen LogP contribution < -0.4 is 5.32 Å². The molecule has 20 heavy (non-hydrogen) atoms. The number of aromatic nitrogens is 3. The van der Waals surface area contributed by atoms with Gasteiger partial charge >= 0.3 is 5.97 Å². The van der Waals surface area contributed by atoms with Crippen molar-refractivity contribution in [1.82, 2.24) is 15.2 Å². The summed E-state index contributed by atoms with van der Waals surface area (Å²) in [4.78, 5) is 24.7. The number of carboxylic acids is 1. The SMILES string of the molecule is O=C(O)c1cc([N+](=O)[O-])cnc1NCc1cccnn1. The second-order valence-corrected chi connectivity index (χ2v) is 3.72. The number of nitrogens with one attached hydrogen (secondary N) is 1. The molecule has 0 unspecified atom stereocenters. The van der Waals surface area contributed by atoms with E-state index >= 15 is 0 Å². The van der Waals surface area contributed by atoms with Gasteiger partial charge in [-0.3, -0.25) is 10.1 Å². The van der Waals surface area contributed by atoms with Crippen molar-refractivity contribution in [3.63, 3.8) is 0 Å². The Kier molecular flexibility index (Phi) is 3.80. The summed E-state index contributed by atoms with van der Waals surface area (Å²) in [6.07, 6.45) is 2.50. The summed E-state index contributed by atoms with van der Waals surface area (Å²) < 4.78 is 0. The third kappa shape index (κ3) is 3.02. The van der Waals surface area contributed by atoms with Gasteiger partial charge in [-0.25, -0.2) is 9.78 Å². The molecule has 2 heterocycles. The summed E-state index contributed by atoms with van der Waals surface area (Å²) >= 11 is 0. The Labute approximate surface area is 112 Å². The zero-order chi connectivity index (χ0) is 14.5. The summed E-state index contributed by atoms with van der Waals surface area (Å²) in [6.45, 7) is 0.207. The summed E-state index contributed by atoms with van der Waals surface area (Å²) in [5.74, 6) is -1.27. The van der Waals surface area contributed by atoms with E-state index in [4.69, 9.17) is 5.11 Å². The van der Waals surface area contributed by atoms with Crippen molar-refractivity contribution in [2.24, 2.45) is 0 Å². The van der Waals surface area contributed by atoms with Crippen molar-refractivity contribution in [1.29, 1.82) is 0 Å². The van der Waals surface area contributed by atoms with Gasteiger partial charge in [0.25, 0.3) is 5.69 Å². The number of anilines is 1. The topological polar surface area (TPSA) is 131 Å². The molecule has 2 aromatic rings. The fourth-order valence-corrected chi connectivity index (χ4v) is 1.46. The maximum atomic E-state index is 11.1. The van der Waals surface area contributed by atoms with Crippen molar-refractivity contribution in [2.75, 3.05) is 5.32 Å². The van der Waals surface area contributed by atoms with E-state index in [1.165, 1.54) is 6.20 Å². The smallest absolute Gasteiger partial charge is 0.339 e. The fraction of sp³-hybridized carbons (Fsp3) is 0.0909. The Morgan fingerprint density at radius 2 is 2.30 bits per heavy atom. The van der Waals surface area contributed by atoms with E-state index in [0.29, 0.717) is 5.69 Å². The molecule has 0 aromatic carbocycles. The predicted octanol–water partition coefficient (Wildman–Crippen LogP) is 1.09. The van der Waals surface area contributed by atoms with Crippen molar-refractivity contribution in [3.05, 3.63) is 52.0 Å². The molecule has 0 bridgehead atoms. The van der Waals surface area contributed by atoms with Crippen LogP contribution >= 0.6 is 0 Å². The highest BCUT2D eigenvalue weighted by atomic mass is 16.6. The van der Waals surface area contributed by atoms with Crippen molar-refractivity contribution in [2.45, 2.75) is 6.54 Å². The van der Waals surface area contributed by atoms with Gasteiger partial charge in [0.15, 0.2) is 0 Å². The number of aromatic carboxylic acids is 1. The first kappa shape index (κ1) is 13.3. The Morgan fingerprint density at radius 1 is 1.50 bits per heavy atom. The zero-order valence-corrected chi connectivity index (χ0v) is 10.1. The van der Waals surface area contributed by atoms with Crippen molar-refractivity contribution >= 4 is 17.5 Å². The lowest BCUT2D eigenvalue weighted by atomic mass is 10.2. The number of hydrogen-bond acceptors (Lipinski definition) is 7. The molecule has 0 saturated carbocycles. The second-order valence-electron chi connectivity index (χ2n) is 3.72. The van der Waals surface area contributed by atoms with E-state index in [1.807, 2.05) is 0 Å². The van der Waals surface area contributed by atoms with Crippen LogP contribution in [0.1, 0.15) is 16.1 Å². The fourth-order valence-electron chi connectivity index (χ4n) is 1.46. The van der Waals surface area contributed by atoms with E-state index in [9.17, 15) is 14.9 Å². The molecule has 9 nitrogen and oxygen atoms in total. The molecule has 2 N–H and O–H groups in total. The van der Waals surface area contributed by atoms with Gasteiger partial charge in [-0.1, -0.05) is 0 Å². The molecule has 2 rings (SSSR count). The normalized spacial score (nSPS) is 10.0. The number of hydrogen-bond donors (Lipinski definition) is 2. The maximum absolute atomic E-state index is 11.1. The van der Waals surface area contributed by atoms with Gasteiger partial charge < -0.3 is 10.4 Å². The van der Waals surface area contributed by atoms with Gasteiger partial charge in [-0.15, -0.1) is 0 Å². The molecule has 9 heteroatoms. The average molecular weight is 275 g/mol. The van der Waals surface area contributed by atoms with Crippen molar-refractivity contribution in [3.8, 4) is 0 Å². The van der Waals surface area contributed by atoms with Gasteiger partial charge in [0.1, 0.15) is 17.6 Å². The highest BCUT2D eigenvalue weighted by molar-refractivity contribution is 5.93. The Bertz CT molecular complexity index is 647. The highest BCUT2D eigenvalue weighted by Crippen LogP contribution is 2.19. The number of carbonyl (C=O) groups is 1. The van der Waals surface area contributed by atoms with Crippen LogP contribution in [0.15, 0.2) is 30.6 Å². The lowest BCUT2D eigenvalue weighted by Crippen LogP contribution is -2.10. The summed E-state index contributed by atoms with van der Waals surface area (Å²) in [6, 6.07) is 4.34. The Morgan fingerprint density at radius 3 is 2.90 bits per heavy atom. The molecule has 0 fully saturated rings. The maximum Gasteiger partial charge on any atom is 0.339 e. The molecule has 0 saturated heterocycles. The molecular weight excluding hydrogens is 266 g/mol. The summed E-state index contributed by atoms with van der Waals surface area (Å²) in [5, 5.41) is 29.9. The number of nitro groups is 1. The lowest BCUT2D eigenvalue weighted by Gasteiger charge is -2.07. The largest absolute Gasteiger partial charge is 0.478 e. The minimum absolute atomic E-state index is 0.0359. The molecular formula is C11H9N5O4. The van der Waals surface area contributed by atoms with Crippen LogP contribution in [0.25, 0.3) is 0 Å². The molecule has 102 valence electrons. The van der Waals surface area contributed by atoms with E-state index in [2.05, 4.69) is 20.5 Å². The number of nitrogens with zero attached hydrogens (tertiary/aromatic N) is 4. The van der Waals surface area contributed by atoms with Crippen LogP contribution in [0.4, 0.5) is 11.5 Å². The number of rotatable bonds is 5. The molecule has 0 radical (unpaired) electrons. The van der Waals surface area contributed by atoms with Crippen LogP contribution in [0, 0.1) is 10.1 Å². The van der Waals surface area contributed by atoms with Gasteiger partial charge in [0.2, 0.25) is 0 Å². The lowest BCUT2D eigenvalue weighted by molar-refractivity contribution is -0.385. The Hall–Kier alpha value is -3.10. The van der Waals surface area contributed by atoms with Crippen molar-refractivity contribution < 1.29 is 14.8 Å². The third-order valence-electron chi connectivity index (χ3n) is 2.38. The van der Waals surface area contributed by atoms with Crippen LogP contribution in [-0.4, -0.2) is 31.2 Å². The number of carboxylic acid groups (broad SMARTS) is 1. The van der Waals surface area contributed by atoms with Crippen LogP contribution in [-0.2, 0) is 6.54 Å². The van der Waals surface area contributed by atoms with Crippen LogP contribution in [0.2, 0.25) is 0 Å². The molecule has 0 spiro atoms. The van der Waals surface area contributed by atoms with Gasteiger partial charge in [0.05, 0.1) is 17.2 Å². The first-order chi connectivity index (χ1) is 9.58. The first-order valence-corrected chi connectivity index (χ1v) is 5.46. The summed E-state index contributed by atoms with van der Waals surface area (Å²) in [7, 11) is 0. The van der Waals surface area contributed by atoms with E-state index in [-0.39, 0.29) is 23.6 Å². The first-order valence-electron chi connectivity index (χ1n) is 5.46. The van der Waals surface area contributed by atoms with Gasteiger partial charge in [0, 0.05) is 12.3 Å². The van der Waals surface area contributed by atoms with Gasteiger partial charge in [-0.05, 0) is 12.1 Å². The van der Waals surface area contributed by atoms with E-state index in [0.717, 1.165) is 12.3 Å². The monoisotopic (exact) mass is 275 g/mol. The third-order valence-corrected chi connectivity index (χ3v) is 2.38. The van der Waals surface area contributed by atoms with E-state index < -0.39 is 10.9 Å². The molecule has 0 atom stereocenters. The van der Waals surface area contributed by atoms with E-state index in [1.54, 1.807) is 12.1 Å². The molecule has 2 aromatic heterocycles. The predicted molar refractivity (Wildman–Crippen MR) is 67.2 cm³/mol. The average Bonchev–Trinajstić information content (AvgIpc) is 2.45. The minimum Gasteiger partial charge on any atom is -0.478 e. The molecule has 0 aliphatic heterocycles. The van der Waals surface area contributed by atoms with Gasteiger partial charge in [-0.2, -0.15) is 10.2 Å². The molecule has 0 aliphatic carbocycles. The second kappa shape index (κ2) is 5.69. The number of pyridine rings is 1. The minimum atomic E-state index is -1.30. The molecule has 0 aliphatic rings. The zero-order valence-electron chi connectivity index (χ0n) is 10.1. The highest BCUT2D eigenvalue weighted by Gasteiger charge is 2.17. The van der Waals surface area contributed by atoms with Crippen LogP contribution in [0.3, 0.4) is 0 Å². The standard InChI is InChI=1S/C11H9N5O4/c17-11(18)9-4-8(16(19)20)6-13-10(9)12-5-7-2-1-3-14-15-7/h1-4,6H,5H2,(H,12,13)(H,17,18). The molecule has 0 amide bonds.